The third-order valence-electron chi connectivity index (χ3n) is 6.53. The fourth-order valence-corrected chi connectivity index (χ4v) is 4.59. The van der Waals surface area contributed by atoms with Crippen molar-refractivity contribution in [3.63, 3.8) is 0 Å². The number of hydrogen-bond donors (Lipinski definition) is 3. The highest BCUT2D eigenvalue weighted by Gasteiger charge is 2.41. The Bertz CT molecular complexity index is 1370. The van der Waals surface area contributed by atoms with Gasteiger partial charge in [0.25, 0.3) is 0 Å². The highest BCUT2D eigenvalue weighted by atomic mass is 16.5. The summed E-state index contributed by atoms with van der Waals surface area (Å²) in [7, 11) is 0. The normalized spacial score (nSPS) is 14.5. The molecule has 1 fully saturated rings. The molecule has 2 aromatic heterocycles. The Morgan fingerprint density at radius 3 is 2.19 bits per heavy atom. The Balaban J connectivity index is 1.28. The van der Waals surface area contributed by atoms with Crippen molar-refractivity contribution in [3.05, 3.63) is 95.9 Å². The Morgan fingerprint density at radius 2 is 1.49 bits per heavy atom. The second kappa shape index (κ2) is 10.8. The first-order valence-corrected chi connectivity index (χ1v) is 12.4. The van der Waals surface area contributed by atoms with Gasteiger partial charge in [0.2, 0.25) is 5.91 Å². The minimum atomic E-state index is -0.593. The molecule has 3 heterocycles. The molecule has 188 valence electrons. The van der Waals surface area contributed by atoms with E-state index in [0.717, 1.165) is 28.3 Å². The Labute approximate surface area is 216 Å². The maximum absolute atomic E-state index is 13.5. The molecule has 0 aliphatic carbocycles. The molecule has 3 N–H and O–H groups in total. The standard InChI is InChI=1S/C29H30N6O2/c1-20-12-15-30-25(18-20)35-27-19-26(31-21(2)32-27)33-23-8-10-24(11-9-23)34-28(36)29(13-16-37-17-14-29)22-6-4-3-5-7-22/h3-12,15,18-19H,13-14,16-17H2,1-2H3,(H,34,36)(H2,30,31,32,33,35). The first kappa shape index (κ1) is 24.4. The van der Waals surface area contributed by atoms with Gasteiger partial charge in [-0.3, -0.25) is 4.79 Å². The van der Waals surface area contributed by atoms with Crippen molar-refractivity contribution in [2.45, 2.75) is 32.1 Å². The summed E-state index contributed by atoms with van der Waals surface area (Å²) in [6.07, 6.45) is 3.07. The number of benzene rings is 2. The second-order valence-electron chi connectivity index (χ2n) is 9.25. The van der Waals surface area contributed by atoms with E-state index in [4.69, 9.17) is 4.74 Å². The summed E-state index contributed by atoms with van der Waals surface area (Å²) < 4.78 is 5.57. The number of aromatic nitrogens is 3. The number of carbonyl (C=O) groups excluding carboxylic acids is 1. The minimum Gasteiger partial charge on any atom is -0.381 e. The van der Waals surface area contributed by atoms with E-state index in [2.05, 4.69) is 30.9 Å². The van der Waals surface area contributed by atoms with Crippen molar-refractivity contribution < 1.29 is 9.53 Å². The molecular weight excluding hydrogens is 464 g/mol. The van der Waals surface area contributed by atoms with Crippen molar-refractivity contribution >= 4 is 34.7 Å². The van der Waals surface area contributed by atoms with E-state index in [1.54, 1.807) is 6.20 Å². The molecule has 8 nitrogen and oxygen atoms in total. The lowest BCUT2D eigenvalue weighted by atomic mass is 9.73. The highest BCUT2D eigenvalue weighted by molar-refractivity contribution is 5.99. The van der Waals surface area contributed by atoms with Crippen LogP contribution in [-0.4, -0.2) is 34.1 Å². The van der Waals surface area contributed by atoms with Crippen LogP contribution in [0, 0.1) is 13.8 Å². The monoisotopic (exact) mass is 494 g/mol. The molecule has 0 unspecified atom stereocenters. The van der Waals surface area contributed by atoms with Gasteiger partial charge in [-0.05, 0) is 74.2 Å². The van der Waals surface area contributed by atoms with E-state index < -0.39 is 5.41 Å². The smallest absolute Gasteiger partial charge is 0.235 e. The lowest BCUT2D eigenvalue weighted by Gasteiger charge is -2.36. The number of amides is 1. The molecule has 8 heteroatoms. The number of carbonyl (C=O) groups is 1. The predicted molar refractivity (Wildman–Crippen MR) is 146 cm³/mol. The van der Waals surface area contributed by atoms with E-state index in [-0.39, 0.29) is 5.91 Å². The molecule has 1 aliphatic heterocycles. The van der Waals surface area contributed by atoms with Gasteiger partial charge in [-0.2, -0.15) is 0 Å². The SMILES string of the molecule is Cc1ccnc(Nc2cc(Nc3ccc(NC(=O)C4(c5ccccc5)CCOCC4)cc3)nc(C)n2)c1. The molecule has 0 bridgehead atoms. The van der Waals surface area contributed by atoms with E-state index in [9.17, 15) is 4.79 Å². The van der Waals surface area contributed by atoms with Gasteiger partial charge in [-0.1, -0.05) is 30.3 Å². The maximum atomic E-state index is 13.5. The summed E-state index contributed by atoms with van der Waals surface area (Å²) in [5.74, 6) is 2.66. The molecule has 2 aromatic carbocycles. The summed E-state index contributed by atoms with van der Waals surface area (Å²) in [5, 5.41) is 9.68. The molecule has 5 rings (SSSR count). The van der Waals surface area contributed by atoms with Crippen molar-refractivity contribution in [2.75, 3.05) is 29.2 Å². The summed E-state index contributed by atoms with van der Waals surface area (Å²) >= 11 is 0. The number of nitrogens with zero attached hydrogens (tertiary/aromatic N) is 3. The predicted octanol–water partition coefficient (Wildman–Crippen LogP) is 5.66. The van der Waals surface area contributed by atoms with Gasteiger partial charge in [-0.25, -0.2) is 15.0 Å². The average molecular weight is 495 g/mol. The van der Waals surface area contributed by atoms with Crippen LogP contribution in [0.2, 0.25) is 0 Å². The molecule has 37 heavy (non-hydrogen) atoms. The fraction of sp³-hybridized carbons (Fsp3) is 0.241. The number of hydrogen-bond acceptors (Lipinski definition) is 7. The van der Waals surface area contributed by atoms with Gasteiger partial charge in [0.05, 0.1) is 5.41 Å². The quantitative estimate of drug-likeness (QED) is 0.305. The third kappa shape index (κ3) is 5.76. The fourth-order valence-electron chi connectivity index (χ4n) is 4.59. The van der Waals surface area contributed by atoms with E-state index in [0.29, 0.717) is 43.5 Å². The second-order valence-corrected chi connectivity index (χ2v) is 9.25. The van der Waals surface area contributed by atoms with Crippen LogP contribution >= 0.6 is 0 Å². The molecule has 0 spiro atoms. The number of aryl methyl sites for hydroxylation is 2. The zero-order valence-corrected chi connectivity index (χ0v) is 21.0. The van der Waals surface area contributed by atoms with Crippen molar-refractivity contribution in [1.29, 1.82) is 0 Å². The lowest BCUT2D eigenvalue weighted by molar-refractivity contribution is -0.125. The minimum absolute atomic E-state index is 0.00499. The zero-order chi connectivity index (χ0) is 25.7. The maximum Gasteiger partial charge on any atom is 0.235 e. The first-order chi connectivity index (χ1) is 18.0. The molecular formula is C29H30N6O2. The van der Waals surface area contributed by atoms with Crippen LogP contribution in [0.25, 0.3) is 0 Å². The molecule has 4 aromatic rings. The van der Waals surface area contributed by atoms with Crippen LogP contribution in [-0.2, 0) is 14.9 Å². The van der Waals surface area contributed by atoms with Crippen LogP contribution < -0.4 is 16.0 Å². The van der Waals surface area contributed by atoms with Gasteiger partial charge in [0, 0.05) is 36.9 Å². The molecule has 1 amide bonds. The van der Waals surface area contributed by atoms with Crippen molar-refractivity contribution in [2.24, 2.45) is 0 Å². The molecule has 0 saturated carbocycles. The largest absolute Gasteiger partial charge is 0.381 e. The number of anilines is 5. The summed E-state index contributed by atoms with van der Waals surface area (Å²) in [4.78, 5) is 26.8. The van der Waals surface area contributed by atoms with E-state index >= 15 is 0 Å². The van der Waals surface area contributed by atoms with Gasteiger partial charge in [-0.15, -0.1) is 0 Å². The van der Waals surface area contributed by atoms with E-state index in [1.807, 2.05) is 86.6 Å². The lowest BCUT2D eigenvalue weighted by Crippen LogP contribution is -2.44. The Hall–Kier alpha value is -4.30. The topological polar surface area (TPSA) is 101 Å². The summed E-state index contributed by atoms with van der Waals surface area (Å²) in [6.45, 7) is 5.00. The van der Waals surface area contributed by atoms with Gasteiger partial charge in [0.15, 0.2) is 0 Å². The molecule has 0 radical (unpaired) electrons. The number of ether oxygens (including phenoxy) is 1. The van der Waals surface area contributed by atoms with Gasteiger partial charge in [0.1, 0.15) is 23.3 Å². The van der Waals surface area contributed by atoms with E-state index in [1.165, 1.54) is 0 Å². The highest BCUT2D eigenvalue weighted by Crippen LogP contribution is 2.36. The summed E-state index contributed by atoms with van der Waals surface area (Å²) in [6, 6.07) is 23.3. The molecule has 1 saturated heterocycles. The van der Waals surface area contributed by atoms with Gasteiger partial charge < -0.3 is 20.7 Å². The van der Waals surface area contributed by atoms with Crippen LogP contribution in [0.3, 0.4) is 0 Å². The van der Waals surface area contributed by atoms with Crippen LogP contribution in [0.15, 0.2) is 79.0 Å². The number of rotatable bonds is 7. The molecule has 0 atom stereocenters. The van der Waals surface area contributed by atoms with Gasteiger partial charge >= 0.3 is 0 Å². The number of pyridine rings is 1. The van der Waals surface area contributed by atoms with Crippen LogP contribution in [0.5, 0.6) is 0 Å². The number of nitrogens with one attached hydrogen (secondary N) is 3. The van der Waals surface area contributed by atoms with Crippen LogP contribution in [0.1, 0.15) is 29.8 Å². The zero-order valence-electron chi connectivity index (χ0n) is 21.0. The molecule has 1 aliphatic rings. The van der Waals surface area contributed by atoms with Crippen molar-refractivity contribution in [1.82, 2.24) is 15.0 Å². The first-order valence-electron chi connectivity index (χ1n) is 12.4. The third-order valence-corrected chi connectivity index (χ3v) is 6.53. The van der Waals surface area contributed by atoms with Crippen molar-refractivity contribution in [3.8, 4) is 0 Å². The average Bonchev–Trinajstić information content (AvgIpc) is 2.90. The Kier molecular flexibility index (Phi) is 7.09. The Morgan fingerprint density at radius 1 is 0.811 bits per heavy atom. The summed E-state index contributed by atoms with van der Waals surface area (Å²) in [5.41, 5.74) is 3.13. The van der Waals surface area contributed by atoms with Crippen LogP contribution in [0.4, 0.5) is 28.8 Å².